The van der Waals surface area contributed by atoms with Gasteiger partial charge in [-0.2, -0.15) is 0 Å². The van der Waals surface area contributed by atoms with Crippen molar-refractivity contribution in [2.45, 2.75) is 33.9 Å². The SMILES string of the molecule is CCSc1nnc(SCC(=O)NCC2(c3ccccc3)CC2)s1. The standard InChI is InChI=1S/C16H19N3OS3/c1-2-21-14-18-19-15(23-14)22-10-13(20)17-11-16(8-9-16)12-6-4-3-5-7-12/h3-7H,2,8-11H2,1H3,(H,17,20). The highest BCUT2D eigenvalue weighted by Gasteiger charge is 2.44. The number of nitrogens with one attached hydrogen (secondary N) is 1. The summed E-state index contributed by atoms with van der Waals surface area (Å²) in [6.07, 6.45) is 2.30. The van der Waals surface area contributed by atoms with Crippen LogP contribution in [0.4, 0.5) is 0 Å². The minimum absolute atomic E-state index is 0.0668. The lowest BCUT2D eigenvalue weighted by atomic mass is 9.96. The minimum atomic E-state index is 0.0668. The second kappa shape index (κ2) is 7.68. The Morgan fingerprint density at radius 2 is 1.91 bits per heavy atom. The maximum atomic E-state index is 12.1. The van der Waals surface area contributed by atoms with Crippen molar-refractivity contribution in [1.82, 2.24) is 15.5 Å². The van der Waals surface area contributed by atoms with Gasteiger partial charge < -0.3 is 5.32 Å². The van der Waals surface area contributed by atoms with Crippen molar-refractivity contribution in [3.63, 3.8) is 0 Å². The number of hydrogen-bond donors (Lipinski definition) is 1. The van der Waals surface area contributed by atoms with E-state index in [-0.39, 0.29) is 11.3 Å². The Hall–Kier alpha value is -1.05. The first-order valence-electron chi connectivity index (χ1n) is 7.63. The summed E-state index contributed by atoms with van der Waals surface area (Å²) in [7, 11) is 0. The van der Waals surface area contributed by atoms with E-state index in [0.717, 1.165) is 33.8 Å². The summed E-state index contributed by atoms with van der Waals surface area (Å²) in [6.45, 7) is 2.82. The summed E-state index contributed by atoms with van der Waals surface area (Å²) in [5.74, 6) is 1.45. The lowest BCUT2D eigenvalue weighted by Gasteiger charge is -2.16. The van der Waals surface area contributed by atoms with Crippen LogP contribution >= 0.6 is 34.9 Å². The van der Waals surface area contributed by atoms with E-state index in [9.17, 15) is 4.79 Å². The highest BCUT2D eigenvalue weighted by Crippen LogP contribution is 2.47. The smallest absolute Gasteiger partial charge is 0.230 e. The third kappa shape index (κ3) is 4.49. The van der Waals surface area contributed by atoms with E-state index in [1.807, 2.05) is 6.07 Å². The average Bonchev–Trinajstić information content (AvgIpc) is 3.25. The predicted octanol–water partition coefficient (Wildman–Crippen LogP) is 3.59. The number of aromatic nitrogens is 2. The number of hydrogen-bond acceptors (Lipinski definition) is 6. The molecule has 1 N–H and O–H groups in total. The van der Waals surface area contributed by atoms with E-state index in [2.05, 4.69) is 46.7 Å². The highest BCUT2D eigenvalue weighted by atomic mass is 32.2. The number of rotatable bonds is 8. The molecule has 0 spiro atoms. The molecule has 2 aromatic rings. The van der Waals surface area contributed by atoms with Crippen molar-refractivity contribution in [3.8, 4) is 0 Å². The molecule has 0 aliphatic heterocycles. The summed E-state index contributed by atoms with van der Waals surface area (Å²) in [6, 6.07) is 10.5. The van der Waals surface area contributed by atoms with Crippen LogP contribution in [-0.2, 0) is 10.2 Å². The van der Waals surface area contributed by atoms with Crippen molar-refractivity contribution in [1.29, 1.82) is 0 Å². The number of nitrogens with zero attached hydrogens (tertiary/aromatic N) is 2. The molecule has 0 saturated heterocycles. The Balaban J connectivity index is 1.45. The van der Waals surface area contributed by atoms with Gasteiger partial charge in [0.25, 0.3) is 0 Å². The van der Waals surface area contributed by atoms with Gasteiger partial charge in [0.05, 0.1) is 5.75 Å². The van der Waals surface area contributed by atoms with Crippen LogP contribution in [0.1, 0.15) is 25.3 Å². The van der Waals surface area contributed by atoms with Crippen molar-refractivity contribution >= 4 is 40.8 Å². The molecular formula is C16H19N3OS3. The molecule has 1 aromatic heterocycles. The Bertz CT molecular complexity index is 656. The molecule has 0 unspecified atom stereocenters. The van der Waals surface area contributed by atoms with Gasteiger partial charge in [0.15, 0.2) is 8.68 Å². The first kappa shape index (κ1) is 16.8. The molecule has 1 aliphatic rings. The van der Waals surface area contributed by atoms with Gasteiger partial charge in [0.1, 0.15) is 0 Å². The number of benzene rings is 1. The molecule has 1 heterocycles. The van der Waals surface area contributed by atoms with E-state index in [1.165, 1.54) is 17.3 Å². The quantitative estimate of drug-likeness (QED) is 0.725. The molecule has 1 fully saturated rings. The molecule has 1 saturated carbocycles. The van der Waals surface area contributed by atoms with Crippen molar-refractivity contribution in [2.24, 2.45) is 0 Å². The van der Waals surface area contributed by atoms with Crippen LogP contribution in [0.3, 0.4) is 0 Å². The minimum Gasteiger partial charge on any atom is -0.354 e. The van der Waals surface area contributed by atoms with E-state index in [4.69, 9.17) is 0 Å². The van der Waals surface area contributed by atoms with Gasteiger partial charge in [-0.1, -0.05) is 72.1 Å². The lowest BCUT2D eigenvalue weighted by Crippen LogP contribution is -2.33. The first-order valence-corrected chi connectivity index (χ1v) is 10.4. The highest BCUT2D eigenvalue weighted by molar-refractivity contribution is 8.03. The predicted molar refractivity (Wildman–Crippen MR) is 97.4 cm³/mol. The summed E-state index contributed by atoms with van der Waals surface area (Å²) in [4.78, 5) is 12.1. The summed E-state index contributed by atoms with van der Waals surface area (Å²) >= 11 is 4.70. The second-order valence-corrected chi connectivity index (χ2v) is 9.19. The summed E-state index contributed by atoms with van der Waals surface area (Å²) in [5, 5.41) is 11.3. The molecule has 4 nitrogen and oxygen atoms in total. The molecule has 1 amide bonds. The Morgan fingerprint density at radius 3 is 2.57 bits per heavy atom. The van der Waals surface area contributed by atoms with Gasteiger partial charge in [-0.25, -0.2) is 0 Å². The Labute approximate surface area is 148 Å². The number of carbonyl (C=O) groups is 1. The number of thioether (sulfide) groups is 2. The van der Waals surface area contributed by atoms with E-state index in [0.29, 0.717) is 5.75 Å². The van der Waals surface area contributed by atoms with Crippen molar-refractivity contribution in [3.05, 3.63) is 35.9 Å². The van der Waals surface area contributed by atoms with E-state index >= 15 is 0 Å². The molecule has 3 rings (SSSR count). The molecule has 7 heteroatoms. The van der Waals surface area contributed by atoms with Crippen LogP contribution < -0.4 is 5.32 Å². The zero-order valence-corrected chi connectivity index (χ0v) is 15.4. The summed E-state index contributed by atoms with van der Waals surface area (Å²) < 4.78 is 1.83. The van der Waals surface area contributed by atoms with Crippen LogP contribution in [0.25, 0.3) is 0 Å². The fraction of sp³-hybridized carbons (Fsp3) is 0.438. The Morgan fingerprint density at radius 1 is 1.22 bits per heavy atom. The summed E-state index contributed by atoms with van der Waals surface area (Å²) in [5.41, 5.74) is 1.49. The fourth-order valence-electron chi connectivity index (χ4n) is 2.39. The van der Waals surface area contributed by atoms with E-state index < -0.39 is 0 Å². The molecule has 1 aliphatic carbocycles. The van der Waals surface area contributed by atoms with Crippen molar-refractivity contribution in [2.75, 3.05) is 18.1 Å². The molecule has 0 atom stereocenters. The molecule has 0 radical (unpaired) electrons. The van der Waals surface area contributed by atoms with Crippen LogP contribution in [0.15, 0.2) is 39.0 Å². The monoisotopic (exact) mass is 365 g/mol. The van der Waals surface area contributed by atoms with E-state index in [1.54, 1.807) is 23.1 Å². The van der Waals surface area contributed by atoms with Gasteiger partial charge >= 0.3 is 0 Å². The van der Waals surface area contributed by atoms with Gasteiger partial charge in [0, 0.05) is 12.0 Å². The zero-order chi connectivity index (χ0) is 16.1. The third-order valence-electron chi connectivity index (χ3n) is 3.85. The van der Waals surface area contributed by atoms with Crippen LogP contribution in [-0.4, -0.2) is 34.2 Å². The second-order valence-electron chi connectivity index (χ2n) is 5.48. The topological polar surface area (TPSA) is 54.9 Å². The maximum absolute atomic E-state index is 12.1. The lowest BCUT2D eigenvalue weighted by molar-refractivity contribution is -0.118. The molecule has 23 heavy (non-hydrogen) atoms. The number of amides is 1. The molecule has 122 valence electrons. The average molecular weight is 366 g/mol. The molecular weight excluding hydrogens is 346 g/mol. The van der Waals surface area contributed by atoms with Crippen LogP contribution in [0, 0.1) is 0 Å². The Kier molecular flexibility index (Phi) is 5.61. The van der Waals surface area contributed by atoms with Crippen LogP contribution in [0.5, 0.6) is 0 Å². The third-order valence-corrected chi connectivity index (χ3v) is 6.92. The van der Waals surface area contributed by atoms with Crippen LogP contribution in [0.2, 0.25) is 0 Å². The van der Waals surface area contributed by atoms with Gasteiger partial charge in [-0.15, -0.1) is 10.2 Å². The van der Waals surface area contributed by atoms with Gasteiger partial charge in [-0.3, -0.25) is 4.79 Å². The largest absolute Gasteiger partial charge is 0.354 e. The fourth-order valence-corrected chi connectivity index (χ4v) is 5.14. The van der Waals surface area contributed by atoms with Crippen molar-refractivity contribution < 1.29 is 4.79 Å². The van der Waals surface area contributed by atoms with Gasteiger partial charge in [0.2, 0.25) is 5.91 Å². The number of carbonyl (C=O) groups excluding carboxylic acids is 1. The van der Waals surface area contributed by atoms with Gasteiger partial charge in [-0.05, 0) is 24.2 Å². The molecule has 1 aromatic carbocycles. The maximum Gasteiger partial charge on any atom is 0.230 e. The first-order chi connectivity index (χ1) is 11.2. The normalized spacial score (nSPS) is 15.3. The molecule has 0 bridgehead atoms. The zero-order valence-electron chi connectivity index (χ0n) is 12.9.